The van der Waals surface area contributed by atoms with E-state index in [-0.39, 0.29) is 16.8 Å². The lowest BCUT2D eigenvalue weighted by molar-refractivity contribution is 0.0903. The zero-order chi connectivity index (χ0) is 15.2. The number of hydrogen-bond acceptors (Lipinski definition) is 3. The van der Waals surface area contributed by atoms with E-state index >= 15 is 0 Å². The average molecular weight is 282 g/mol. The van der Waals surface area contributed by atoms with Crippen LogP contribution in [0.25, 0.3) is 5.69 Å². The fourth-order valence-electron chi connectivity index (χ4n) is 2.90. The minimum Gasteiger partial charge on any atom is -0.292 e. The van der Waals surface area contributed by atoms with E-state index in [9.17, 15) is 9.59 Å². The molecule has 1 heterocycles. The highest BCUT2D eigenvalue weighted by Crippen LogP contribution is 2.33. The van der Waals surface area contributed by atoms with Crippen molar-refractivity contribution >= 4 is 5.78 Å². The molecule has 0 N–H and O–H groups in total. The van der Waals surface area contributed by atoms with Crippen LogP contribution in [0.5, 0.6) is 0 Å². The van der Waals surface area contributed by atoms with Gasteiger partial charge in [0.05, 0.1) is 5.69 Å². The zero-order valence-corrected chi connectivity index (χ0v) is 12.5. The number of aryl methyl sites for hydroxylation is 1. The van der Waals surface area contributed by atoms with Crippen molar-refractivity contribution in [3.8, 4) is 5.69 Å². The standard InChI is InChI=1S/C17H18N2O2/c1-11-5-4-6-13(7-11)19-15(21)8-12-9-17(2,3)10-14(20)16(12)18-19/h4-8H,9-10H2,1-3H3. The monoisotopic (exact) mass is 282 g/mol. The number of fused-ring (bicyclic) bond motifs is 1. The van der Waals surface area contributed by atoms with E-state index in [0.717, 1.165) is 11.1 Å². The number of rotatable bonds is 1. The number of aromatic nitrogens is 2. The van der Waals surface area contributed by atoms with Gasteiger partial charge in [-0.3, -0.25) is 9.59 Å². The summed E-state index contributed by atoms with van der Waals surface area (Å²) in [4.78, 5) is 24.6. The normalized spacial score (nSPS) is 16.6. The Morgan fingerprint density at radius 3 is 2.62 bits per heavy atom. The third kappa shape index (κ3) is 2.53. The summed E-state index contributed by atoms with van der Waals surface area (Å²) in [6.07, 6.45) is 1.18. The lowest BCUT2D eigenvalue weighted by Crippen LogP contribution is -2.33. The fourth-order valence-corrected chi connectivity index (χ4v) is 2.90. The van der Waals surface area contributed by atoms with Crippen LogP contribution in [0.1, 0.15) is 41.9 Å². The van der Waals surface area contributed by atoms with E-state index in [1.807, 2.05) is 45.0 Å². The molecule has 108 valence electrons. The van der Waals surface area contributed by atoms with Gasteiger partial charge in [-0.1, -0.05) is 26.0 Å². The van der Waals surface area contributed by atoms with Crippen LogP contribution >= 0.6 is 0 Å². The SMILES string of the molecule is Cc1cccc(-n2nc3c(cc2=O)CC(C)(C)CC3=O)c1. The van der Waals surface area contributed by atoms with Crippen molar-refractivity contribution in [1.82, 2.24) is 9.78 Å². The largest absolute Gasteiger partial charge is 0.292 e. The van der Waals surface area contributed by atoms with E-state index < -0.39 is 0 Å². The highest BCUT2D eigenvalue weighted by Gasteiger charge is 2.32. The first-order chi connectivity index (χ1) is 9.85. The second-order valence-corrected chi connectivity index (χ2v) is 6.55. The van der Waals surface area contributed by atoms with Crippen molar-refractivity contribution in [2.45, 2.75) is 33.6 Å². The summed E-state index contributed by atoms with van der Waals surface area (Å²) >= 11 is 0. The Labute approximate surface area is 123 Å². The number of benzene rings is 1. The third-order valence-corrected chi connectivity index (χ3v) is 3.83. The summed E-state index contributed by atoms with van der Waals surface area (Å²) in [7, 11) is 0. The van der Waals surface area contributed by atoms with E-state index in [4.69, 9.17) is 0 Å². The molecule has 1 aliphatic carbocycles. The highest BCUT2D eigenvalue weighted by atomic mass is 16.1. The molecule has 0 radical (unpaired) electrons. The molecule has 1 aromatic heterocycles. The quantitative estimate of drug-likeness (QED) is 0.808. The van der Waals surface area contributed by atoms with Crippen LogP contribution in [0.4, 0.5) is 0 Å². The van der Waals surface area contributed by atoms with Crippen LogP contribution < -0.4 is 5.56 Å². The van der Waals surface area contributed by atoms with Gasteiger partial charge in [-0.25, -0.2) is 0 Å². The van der Waals surface area contributed by atoms with Crippen molar-refractivity contribution < 1.29 is 4.79 Å². The van der Waals surface area contributed by atoms with Crippen molar-refractivity contribution in [2.75, 3.05) is 0 Å². The maximum atomic E-state index is 12.3. The molecule has 0 saturated carbocycles. The lowest BCUT2D eigenvalue weighted by atomic mass is 9.75. The van der Waals surface area contributed by atoms with E-state index in [1.165, 1.54) is 4.68 Å². The molecule has 1 aliphatic rings. The number of ketones is 1. The molecule has 3 rings (SSSR count). The molecular weight excluding hydrogens is 264 g/mol. The van der Waals surface area contributed by atoms with Crippen molar-refractivity contribution in [2.24, 2.45) is 5.41 Å². The van der Waals surface area contributed by atoms with Gasteiger partial charge in [0.25, 0.3) is 5.56 Å². The van der Waals surface area contributed by atoms with Gasteiger partial charge in [-0.2, -0.15) is 9.78 Å². The minimum atomic E-state index is -0.190. The number of nitrogens with zero attached hydrogens (tertiary/aromatic N) is 2. The zero-order valence-electron chi connectivity index (χ0n) is 12.5. The third-order valence-electron chi connectivity index (χ3n) is 3.83. The minimum absolute atomic E-state index is 0.0163. The molecule has 0 unspecified atom stereocenters. The van der Waals surface area contributed by atoms with Crippen LogP contribution in [-0.2, 0) is 6.42 Å². The van der Waals surface area contributed by atoms with E-state index in [2.05, 4.69) is 5.10 Å². The number of carbonyl (C=O) groups excluding carboxylic acids is 1. The van der Waals surface area contributed by atoms with Crippen LogP contribution in [-0.4, -0.2) is 15.6 Å². The van der Waals surface area contributed by atoms with Crippen LogP contribution in [0.15, 0.2) is 35.1 Å². The summed E-state index contributed by atoms with van der Waals surface area (Å²) in [6.45, 7) is 6.04. The Bertz CT molecular complexity index is 788. The summed E-state index contributed by atoms with van der Waals surface area (Å²) < 4.78 is 1.32. The van der Waals surface area contributed by atoms with Crippen LogP contribution in [0.3, 0.4) is 0 Å². The van der Waals surface area contributed by atoms with Gasteiger partial charge in [0.1, 0.15) is 5.69 Å². The first kappa shape index (κ1) is 13.7. The van der Waals surface area contributed by atoms with Gasteiger partial charge in [0.2, 0.25) is 0 Å². The Balaban J connectivity index is 2.17. The number of hydrogen-bond donors (Lipinski definition) is 0. The number of Topliss-reactive ketones (excluding diaryl/α,β-unsaturated/α-hetero) is 1. The van der Waals surface area contributed by atoms with Gasteiger partial charge in [-0.15, -0.1) is 0 Å². The van der Waals surface area contributed by atoms with Gasteiger partial charge >= 0.3 is 0 Å². The topological polar surface area (TPSA) is 52.0 Å². The van der Waals surface area contributed by atoms with E-state index in [0.29, 0.717) is 24.2 Å². The molecule has 0 aliphatic heterocycles. The van der Waals surface area contributed by atoms with Gasteiger partial charge in [0.15, 0.2) is 5.78 Å². The number of carbonyl (C=O) groups is 1. The molecule has 0 atom stereocenters. The molecule has 2 aromatic rings. The van der Waals surface area contributed by atoms with Crippen molar-refractivity contribution in [1.29, 1.82) is 0 Å². The van der Waals surface area contributed by atoms with Crippen LogP contribution in [0.2, 0.25) is 0 Å². The second-order valence-electron chi connectivity index (χ2n) is 6.55. The Kier molecular flexibility index (Phi) is 3.04. The first-order valence-electron chi connectivity index (χ1n) is 7.09. The Morgan fingerprint density at radius 1 is 1.14 bits per heavy atom. The molecule has 0 fully saturated rings. The molecule has 4 nitrogen and oxygen atoms in total. The highest BCUT2D eigenvalue weighted by molar-refractivity contribution is 5.97. The Morgan fingerprint density at radius 2 is 1.90 bits per heavy atom. The van der Waals surface area contributed by atoms with Crippen molar-refractivity contribution in [3.63, 3.8) is 0 Å². The summed E-state index contributed by atoms with van der Waals surface area (Å²) in [5, 5.41) is 4.33. The van der Waals surface area contributed by atoms with Gasteiger partial charge in [-0.05, 0) is 42.0 Å². The lowest BCUT2D eigenvalue weighted by Gasteiger charge is -2.29. The predicted molar refractivity (Wildman–Crippen MR) is 81.0 cm³/mol. The van der Waals surface area contributed by atoms with Gasteiger partial charge in [0, 0.05) is 12.5 Å². The molecule has 21 heavy (non-hydrogen) atoms. The second kappa shape index (κ2) is 4.65. The summed E-state index contributed by atoms with van der Waals surface area (Å²) in [6, 6.07) is 9.11. The van der Waals surface area contributed by atoms with Gasteiger partial charge < -0.3 is 0 Å². The molecule has 0 saturated heterocycles. The maximum absolute atomic E-state index is 12.3. The molecule has 1 aromatic carbocycles. The van der Waals surface area contributed by atoms with Crippen molar-refractivity contribution in [3.05, 3.63) is 57.5 Å². The van der Waals surface area contributed by atoms with Crippen LogP contribution in [0, 0.1) is 12.3 Å². The molecule has 0 bridgehead atoms. The fraction of sp³-hybridized carbons (Fsp3) is 0.353. The first-order valence-corrected chi connectivity index (χ1v) is 7.09. The molecular formula is C17H18N2O2. The summed E-state index contributed by atoms with van der Waals surface area (Å²) in [5.74, 6) is 0.0163. The maximum Gasteiger partial charge on any atom is 0.271 e. The summed E-state index contributed by atoms with van der Waals surface area (Å²) in [5.41, 5.74) is 2.66. The average Bonchev–Trinajstić information content (AvgIpc) is 2.36. The molecule has 0 spiro atoms. The van der Waals surface area contributed by atoms with E-state index in [1.54, 1.807) is 6.07 Å². The smallest absolute Gasteiger partial charge is 0.271 e. The molecule has 0 amide bonds. The molecule has 4 heteroatoms. The predicted octanol–water partition coefficient (Wildman–Crippen LogP) is 2.70. The Hall–Kier alpha value is -2.23.